The van der Waals surface area contributed by atoms with E-state index in [1.54, 1.807) is 13.1 Å². The van der Waals surface area contributed by atoms with Gasteiger partial charge in [-0.15, -0.1) is 0 Å². The molecule has 0 aliphatic carbocycles. The molecular weight excluding hydrogens is 344 g/mol. The highest BCUT2D eigenvalue weighted by Gasteiger charge is 2.25. The Hall–Kier alpha value is -2.64. The van der Waals surface area contributed by atoms with Crippen LogP contribution >= 0.6 is 0 Å². The number of aryl methyl sites for hydroxylation is 1. The average Bonchev–Trinajstić information content (AvgIpc) is 3.13. The van der Waals surface area contributed by atoms with E-state index in [9.17, 15) is 9.59 Å². The maximum absolute atomic E-state index is 12.5. The van der Waals surface area contributed by atoms with Crippen molar-refractivity contribution >= 4 is 11.7 Å². The summed E-state index contributed by atoms with van der Waals surface area (Å²) in [6.45, 7) is 7.59. The fourth-order valence-electron chi connectivity index (χ4n) is 3.28. The highest BCUT2D eigenvalue weighted by atomic mass is 16.2. The molecular formula is C19H28N6O2. The van der Waals surface area contributed by atoms with Gasteiger partial charge in [-0.25, -0.2) is 4.68 Å². The molecule has 0 spiro atoms. The molecule has 1 fully saturated rings. The standard InChI is InChI=1S/C19H28N6O2/c1-19(2,3)15-11-14(21-22-15)18(27)20-12-13-7-5-6-10-25(13)16-8-9-17(26)24(4)23-16/h8-9,11,13H,5-7,10,12H2,1-4H3,(H,20,27)(H,21,22). The summed E-state index contributed by atoms with van der Waals surface area (Å²) >= 11 is 0. The molecule has 1 atom stereocenters. The lowest BCUT2D eigenvalue weighted by atomic mass is 9.92. The molecule has 0 radical (unpaired) electrons. The van der Waals surface area contributed by atoms with E-state index >= 15 is 0 Å². The van der Waals surface area contributed by atoms with E-state index in [-0.39, 0.29) is 22.9 Å². The molecule has 8 heteroatoms. The topological polar surface area (TPSA) is 95.9 Å². The molecule has 3 rings (SSSR count). The van der Waals surface area contributed by atoms with Crippen molar-refractivity contribution in [3.8, 4) is 0 Å². The molecule has 1 saturated heterocycles. The van der Waals surface area contributed by atoms with E-state index in [2.05, 4.69) is 46.3 Å². The Labute approximate surface area is 159 Å². The van der Waals surface area contributed by atoms with Crippen LogP contribution in [0.2, 0.25) is 0 Å². The van der Waals surface area contributed by atoms with Crippen molar-refractivity contribution in [2.75, 3.05) is 18.0 Å². The Morgan fingerprint density at radius 1 is 1.33 bits per heavy atom. The van der Waals surface area contributed by atoms with Crippen molar-refractivity contribution in [2.45, 2.75) is 51.5 Å². The van der Waals surface area contributed by atoms with Crippen LogP contribution in [0.1, 0.15) is 56.2 Å². The van der Waals surface area contributed by atoms with Crippen LogP contribution in [0.5, 0.6) is 0 Å². The zero-order valence-corrected chi connectivity index (χ0v) is 16.5. The van der Waals surface area contributed by atoms with E-state index in [1.807, 2.05) is 6.07 Å². The van der Waals surface area contributed by atoms with Crippen molar-refractivity contribution in [1.29, 1.82) is 0 Å². The molecule has 2 aromatic heterocycles. The number of nitrogens with one attached hydrogen (secondary N) is 2. The lowest BCUT2D eigenvalue weighted by Gasteiger charge is -2.36. The van der Waals surface area contributed by atoms with Crippen LogP contribution in [0.3, 0.4) is 0 Å². The molecule has 1 amide bonds. The number of amides is 1. The second-order valence-electron chi connectivity index (χ2n) is 8.12. The number of aromatic nitrogens is 4. The first-order valence-electron chi connectivity index (χ1n) is 9.41. The largest absolute Gasteiger partial charge is 0.350 e. The summed E-state index contributed by atoms with van der Waals surface area (Å²) in [4.78, 5) is 26.3. The molecule has 0 saturated carbocycles. The molecule has 3 heterocycles. The summed E-state index contributed by atoms with van der Waals surface area (Å²) in [7, 11) is 1.65. The van der Waals surface area contributed by atoms with E-state index in [0.717, 1.165) is 37.3 Å². The molecule has 146 valence electrons. The fraction of sp³-hybridized carbons (Fsp3) is 0.579. The maximum Gasteiger partial charge on any atom is 0.271 e. The molecule has 0 bridgehead atoms. The lowest BCUT2D eigenvalue weighted by Crippen LogP contribution is -2.47. The summed E-state index contributed by atoms with van der Waals surface area (Å²) in [6, 6.07) is 5.24. The van der Waals surface area contributed by atoms with Crippen molar-refractivity contribution in [1.82, 2.24) is 25.3 Å². The number of piperidine rings is 1. The molecule has 2 N–H and O–H groups in total. The summed E-state index contributed by atoms with van der Waals surface area (Å²) in [5, 5.41) is 14.5. The number of hydrogen-bond acceptors (Lipinski definition) is 5. The highest BCUT2D eigenvalue weighted by Crippen LogP contribution is 2.22. The third-order valence-corrected chi connectivity index (χ3v) is 4.98. The van der Waals surface area contributed by atoms with Crippen LogP contribution in [-0.4, -0.2) is 45.0 Å². The van der Waals surface area contributed by atoms with Crippen LogP contribution in [0, 0.1) is 0 Å². The summed E-state index contributed by atoms with van der Waals surface area (Å²) < 4.78 is 1.34. The van der Waals surface area contributed by atoms with Crippen molar-refractivity contribution in [3.63, 3.8) is 0 Å². The molecule has 1 aliphatic heterocycles. The minimum absolute atomic E-state index is 0.0827. The average molecular weight is 372 g/mol. The quantitative estimate of drug-likeness (QED) is 0.850. The smallest absolute Gasteiger partial charge is 0.271 e. The van der Waals surface area contributed by atoms with Crippen LogP contribution < -0.4 is 15.8 Å². The first kappa shape index (κ1) is 19.1. The summed E-state index contributed by atoms with van der Waals surface area (Å²) in [5.41, 5.74) is 1.12. The number of rotatable bonds is 4. The van der Waals surface area contributed by atoms with Crippen LogP contribution in [-0.2, 0) is 12.5 Å². The monoisotopic (exact) mass is 372 g/mol. The minimum atomic E-state index is -0.180. The molecule has 2 aromatic rings. The Morgan fingerprint density at radius 2 is 2.11 bits per heavy atom. The molecule has 27 heavy (non-hydrogen) atoms. The van der Waals surface area contributed by atoms with Crippen molar-refractivity contribution in [2.24, 2.45) is 7.05 Å². The Balaban J connectivity index is 1.67. The SMILES string of the molecule is Cn1nc(N2CCCCC2CNC(=O)c2cc(C(C)(C)C)[nH]n2)ccc1=O. The van der Waals surface area contributed by atoms with Gasteiger partial charge in [0, 0.05) is 43.4 Å². The van der Waals surface area contributed by atoms with Gasteiger partial charge >= 0.3 is 0 Å². The van der Waals surface area contributed by atoms with Gasteiger partial charge in [0.05, 0.1) is 0 Å². The third kappa shape index (κ3) is 4.37. The second kappa shape index (κ2) is 7.54. The van der Waals surface area contributed by atoms with Gasteiger partial charge in [-0.2, -0.15) is 10.2 Å². The Bertz CT molecular complexity index is 864. The van der Waals surface area contributed by atoms with Gasteiger partial charge in [0.25, 0.3) is 11.5 Å². The van der Waals surface area contributed by atoms with Gasteiger partial charge in [0.15, 0.2) is 0 Å². The number of nitrogens with zero attached hydrogens (tertiary/aromatic N) is 4. The van der Waals surface area contributed by atoms with Crippen LogP contribution in [0.4, 0.5) is 5.82 Å². The predicted octanol–water partition coefficient (Wildman–Crippen LogP) is 1.59. The van der Waals surface area contributed by atoms with Gasteiger partial charge in [0.2, 0.25) is 0 Å². The summed E-state index contributed by atoms with van der Waals surface area (Å²) in [6.07, 6.45) is 3.15. The van der Waals surface area contributed by atoms with E-state index < -0.39 is 0 Å². The fourth-order valence-corrected chi connectivity index (χ4v) is 3.28. The number of hydrogen-bond donors (Lipinski definition) is 2. The van der Waals surface area contributed by atoms with Crippen LogP contribution in [0.25, 0.3) is 0 Å². The van der Waals surface area contributed by atoms with Gasteiger partial charge < -0.3 is 10.2 Å². The van der Waals surface area contributed by atoms with Gasteiger partial charge in [-0.3, -0.25) is 14.7 Å². The number of anilines is 1. The molecule has 1 unspecified atom stereocenters. The number of carbonyl (C=O) groups is 1. The Morgan fingerprint density at radius 3 is 2.78 bits per heavy atom. The lowest BCUT2D eigenvalue weighted by molar-refractivity contribution is 0.0944. The highest BCUT2D eigenvalue weighted by molar-refractivity contribution is 5.92. The number of carbonyl (C=O) groups excluding carboxylic acids is 1. The van der Waals surface area contributed by atoms with E-state index in [4.69, 9.17) is 0 Å². The van der Waals surface area contributed by atoms with Crippen molar-refractivity contribution in [3.05, 3.63) is 39.9 Å². The zero-order chi connectivity index (χ0) is 19.6. The van der Waals surface area contributed by atoms with E-state index in [1.165, 1.54) is 10.7 Å². The maximum atomic E-state index is 12.5. The normalized spacial score (nSPS) is 17.8. The second-order valence-corrected chi connectivity index (χ2v) is 8.12. The predicted molar refractivity (Wildman–Crippen MR) is 104 cm³/mol. The van der Waals surface area contributed by atoms with Gasteiger partial charge in [0.1, 0.15) is 11.5 Å². The Kier molecular flexibility index (Phi) is 5.34. The summed E-state index contributed by atoms with van der Waals surface area (Å²) in [5.74, 6) is 0.589. The van der Waals surface area contributed by atoms with Gasteiger partial charge in [-0.1, -0.05) is 20.8 Å². The molecule has 1 aliphatic rings. The number of H-pyrrole nitrogens is 1. The molecule has 8 nitrogen and oxygen atoms in total. The minimum Gasteiger partial charge on any atom is -0.350 e. The van der Waals surface area contributed by atoms with Gasteiger partial charge in [-0.05, 0) is 31.4 Å². The third-order valence-electron chi connectivity index (χ3n) is 4.98. The molecule has 0 aromatic carbocycles. The first-order chi connectivity index (χ1) is 12.8. The van der Waals surface area contributed by atoms with E-state index in [0.29, 0.717) is 12.2 Å². The zero-order valence-electron chi connectivity index (χ0n) is 16.5. The first-order valence-corrected chi connectivity index (χ1v) is 9.41. The van der Waals surface area contributed by atoms with Crippen LogP contribution in [0.15, 0.2) is 23.0 Å². The number of aromatic amines is 1. The van der Waals surface area contributed by atoms with Crippen molar-refractivity contribution < 1.29 is 4.79 Å².